The first-order chi connectivity index (χ1) is 12.6. The molecule has 0 spiro atoms. The van der Waals surface area contributed by atoms with E-state index in [0.717, 1.165) is 6.42 Å². The Morgan fingerprint density at radius 2 is 1.77 bits per heavy atom. The molecule has 0 aliphatic carbocycles. The fourth-order valence-corrected chi connectivity index (χ4v) is 2.67. The molecule has 0 aliphatic rings. The molecule has 138 valence electrons. The normalized spacial score (nSPS) is 10.3. The number of nitrogens with zero attached hydrogens (tertiary/aromatic N) is 2. The van der Waals surface area contributed by atoms with Crippen molar-refractivity contribution in [2.75, 3.05) is 31.5 Å². The van der Waals surface area contributed by atoms with Crippen molar-refractivity contribution >= 4 is 17.3 Å². The quantitative estimate of drug-likeness (QED) is 0.503. The van der Waals surface area contributed by atoms with E-state index in [4.69, 9.17) is 5.73 Å². The molecule has 7 heteroatoms. The second-order valence-corrected chi connectivity index (χ2v) is 5.86. The Morgan fingerprint density at radius 3 is 2.46 bits per heavy atom. The van der Waals surface area contributed by atoms with Crippen LogP contribution in [0.2, 0.25) is 0 Å². The van der Waals surface area contributed by atoms with E-state index in [1.54, 1.807) is 23.1 Å². The molecule has 2 aromatic rings. The minimum atomic E-state index is -0.440. The molecule has 0 unspecified atom stereocenters. The third-order valence-corrected chi connectivity index (χ3v) is 4.02. The molecule has 0 radical (unpaired) electrons. The molecule has 0 aliphatic heterocycles. The van der Waals surface area contributed by atoms with Gasteiger partial charge in [-0.05, 0) is 18.1 Å². The Balaban J connectivity index is 1.86. The number of para-hydroxylation sites is 2. The lowest BCUT2D eigenvalue weighted by Crippen LogP contribution is -2.37. The van der Waals surface area contributed by atoms with E-state index >= 15 is 0 Å². The number of anilines is 1. The number of nitro benzene ring substituents is 1. The fraction of sp³-hybridized carbons (Fsp3) is 0.316. The number of carbonyl (C=O) groups is 1. The second kappa shape index (κ2) is 10.1. The van der Waals surface area contributed by atoms with Crippen molar-refractivity contribution in [1.82, 2.24) is 4.90 Å². The third-order valence-electron chi connectivity index (χ3n) is 4.02. The number of benzene rings is 2. The highest BCUT2D eigenvalue weighted by Gasteiger charge is 2.15. The van der Waals surface area contributed by atoms with Crippen LogP contribution in [0.1, 0.15) is 12.0 Å². The number of amides is 1. The molecule has 2 rings (SSSR count). The SMILES string of the molecule is NCCN(CCc1ccccc1)C(=O)CCNc1ccccc1[N+](=O)[O-]. The van der Waals surface area contributed by atoms with Crippen LogP contribution in [0.15, 0.2) is 54.6 Å². The zero-order valence-corrected chi connectivity index (χ0v) is 14.6. The smallest absolute Gasteiger partial charge is 0.292 e. The number of nitro groups is 1. The van der Waals surface area contributed by atoms with Crippen LogP contribution >= 0.6 is 0 Å². The number of rotatable bonds is 10. The summed E-state index contributed by atoms with van der Waals surface area (Å²) in [4.78, 5) is 24.8. The van der Waals surface area contributed by atoms with Crippen molar-refractivity contribution in [3.63, 3.8) is 0 Å². The average molecular weight is 356 g/mol. The van der Waals surface area contributed by atoms with Gasteiger partial charge in [0.1, 0.15) is 5.69 Å². The van der Waals surface area contributed by atoms with E-state index in [1.165, 1.54) is 11.6 Å². The topological polar surface area (TPSA) is 102 Å². The van der Waals surface area contributed by atoms with Crippen molar-refractivity contribution in [3.8, 4) is 0 Å². The van der Waals surface area contributed by atoms with Gasteiger partial charge in [-0.25, -0.2) is 0 Å². The minimum Gasteiger partial charge on any atom is -0.379 e. The Labute approximate surface area is 153 Å². The van der Waals surface area contributed by atoms with Gasteiger partial charge in [-0.15, -0.1) is 0 Å². The summed E-state index contributed by atoms with van der Waals surface area (Å²) in [5.74, 6) is -0.0162. The highest BCUT2D eigenvalue weighted by Crippen LogP contribution is 2.22. The van der Waals surface area contributed by atoms with Crippen molar-refractivity contribution in [2.45, 2.75) is 12.8 Å². The zero-order valence-electron chi connectivity index (χ0n) is 14.6. The highest BCUT2D eigenvalue weighted by atomic mass is 16.6. The van der Waals surface area contributed by atoms with Crippen LogP contribution in [-0.2, 0) is 11.2 Å². The van der Waals surface area contributed by atoms with Gasteiger partial charge in [-0.3, -0.25) is 14.9 Å². The van der Waals surface area contributed by atoms with E-state index in [1.807, 2.05) is 30.3 Å². The lowest BCUT2D eigenvalue weighted by Gasteiger charge is -2.22. The van der Waals surface area contributed by atoms with Gasteiger partial charge in [0.15, 0.2) is 0 Å². The summed E-state index contributed by atoms with van der Waals surface area (Å²) in [6, 6.07) is 16.4. The maximum atomic E-state index is 12.5. The molecule has 0 saturated heterocycles. The summed E-state index contributed by atoms with van der Waals surface area (Å²) in [6.45, 7) is 1.83. The van der Waals surface area contributed by atoms with Crippen LogP contribution in [0.5, 0.6) is 0 Å². The van der Waals surface area contributed by atoms with Crippen LogP contribution in [-0.4, -0.2) is 41.9 Å². The third kappa shape index (κ3) is 5.86. The molecule has 0 bridgehead atoms. The zero-order chi connectivity index (χ0) is 18.8. The molecule has 3 N–H and O–H groups in total. The summed E-state index contributed by atoms with van der Waals surface area (Å²) < 4.78 is 0. The summed E-state index contributed by atoms with van der Waals surface area (Å²) >= 11 is 0. The number of hydrogen-bond donors (Lipinski definition) is 2. The summed E-state index contributed by atoms with van der Waals surface area (Å²) in [5.41, 5.74) is 7.21. The van der Waals surface area contributed by atoms with Gasteiger partial charge in [-0.2, -0.15) is 0 Å². The Morgan fingerprint density at radius 1 is 1.08 bits per heavy atom. The molecule has 0 aromatic heterocycles. The first-order valence-corrected chi connectivity index (χ1v) is 8.61. The first-order valence-electron chi connectivity index (χ1n) is 8.61. The van der Waals surface area contributed by atoms with Gasteiger partial charge in [0.2, 0.25) is 5.91 Å². The molecule has 7 nitrogen and oxygen atoms in total. The molecular formula is C19H24N4O3. The van der Waals surface area contributed by atoms with E-state index in [2.05, 4.69) is 5.32 Å². The van der Waals surface area contributed by atoms with Gasteiger partial charge in [0.05, 0.1) is 4.92 Å². The van der Waals surface area contributed by atoms with Gasteiger partial charge >= 0.3 is 0 Å². The van der Waals surface area contributed by atoms with Crippen molar-refractivity contribution < 1.29 is 9.72 Å². The van der Waals surface area contributed by atoms with Gasteiger partial charge in [0.25, 0.3) is 5.69 Å². The van der Waals surface area contributed by atoms with Crippen molar-refractivity contribution in [3.05, 3.63) is 70.3 Å². The maximum absolute atomic E-state index is 12.5. The Bertz CT molecular complexity index is 722. The summed E-state index contributed by atoms with van der Waals surface area (Å²) in [7, 11) is 0. The molecule has 0 fully saturated rings. The standard InChI is InChI=1S/C19H24N4O3/c20-12-15-22(14-11-16-6-2-1-3-7-16)19(24)10-13-21-17-8-4-5-9-18(17)23(25)26/h1-9,21H,10-15,20H2. The maximum Gasteiger partial charge on any atom is 0.292 e. The molecule has 0 atom stereocenters. The average Bonchev–Trinajstić information content (AvgIpc) is 2.66. The molecule has 26 heavy (non-hydrogen) atoms. The van der Waals surface area contributed by atoms with E-state index in [-0.39, 0.29) is 18.0 Å². The van der Waals surface area contributed by atoms with Crippen LogP contribution in [0.25, 0.3) is 0 Å². The summed E-state index contributed by atoms with van der Waals surface area (Å²) in [5, 5.41) is 14.0. The number of carbonyl (C=O) groups excluding carboxylic acids is 1. The largest absolute Gasteiger partial charge is 0.379 e. The Hall–Kier alpha value is -2.93. The van der Waals surface area contributed by atoms with E-state index in [9.17, 15) is 14.9 Å². The number of nitrogens with two attached hydrogens (primary N) is 1. The van der Waals surface area contributed by atoms with Gasteiger partial charge in [-0.1, -0.05) is 42.5 Å². The number of nitrogens with one attached hydrogen (secondary N) is 1. The molecule has 0 saturated carbocycles. The van der Waals surface area contributed by atoms with Crippen LogP contribution in [0.4, 0.5) is 11.4 Å². The first kappa shape index (κ1) is 19.4. The van der Waals surface area contributed by atoms with Crippen molar-refractivity contribution in [2.24, 2.45) is 5.73 Å². The highest BCUT2D eigenvalue weighted by molar-refractivity contribution is 5.77. The van der Waals surface area contributed by atoms with Crippen LogP contribution in [0.3, 0.4) is 0 Å². The predicted molar refractivity (Wildman–Crippen MR) is 102 cm³/mol. The lowest BCUT2D eigenvalue weighted by atomic mass is 10.1. The molecular weight excluding hydrogens is 332 g/mol. The second-order valence-electron chi connectivity index (χ2n) is 5.86. The van der Waals surface area contributed by atoms with E-state index in [0.29, 0.717) is 31.9 Å². The molecule has 1 amide bonds. The van der Waals surface area contributed by atoms with Gasteiger partial charge in [0, 0.05) is 38.7 Å². The van der Waals surface area contributed by atoms with Gasteiger partial charge < -0.3 is 16.0 Å². The predicted octanol–water partition coefficient (Wildman–Crippen LogP) is 2.43. The monoisotopic (exact) mass is 356 g/mol. The van der Waals surface area contributed by atoms with Crippen LogP contribution < -0.4 is 11.1 Å². The van der Waals surface area contributed by atoms with Crippen molar-refractivity contribution in [1.29, 1.82) is 0 Å². The van der Waals surface area contributed by atoms with Crippen LogP contribution in [0, 0.1) is 10.1 Å². The molecule has 2 aromatic carbocycles. The minimum absolute atomic E-state index is 0.00263. The fourth-order valence-electron chi connectivity index (χ4n) is 2.67. The number of hydrogen-bond acceptors (Lipinski definition) is 5. The molecule has 0 heterocycles. The van der Waals surface area contributed by atoms with E-state index < -0.39 is 4.92 Å². The Kier molecular flexibility index (Phi) is 7.57. The lowest BCUT2D eigenvalue weighted by molar-refractivity contribution is -0.384. The summed E-state index contributed by atoms with van der Waals surface area (Å²) in [6.07, 6.45) is 1.02.